The molecule has 156 valence electrons. The van der Waals surface area contributed by atoms with E-state index in [0.717, 1.165) is 19.6 Å². The fraction of sp³-hybridized carbons (Fsp3) is 0.381. The maximum absolute atomic E-state index is 12.6. The summed E-state index contributed by atoms with van der Waals surface area (Å²) in [4.78, 5) is 16.6. The second-order valence-corrected chi connectivity index (χ2v) is 8.68. The summed E-state index contributed by atoms with van der Waals surface area (Å²) in [5.74, 6) is 0.451. The first-order valence-corrected chi connectivity index (χ1v) is 11.2. The molecule has 0 bridgehead atoms. The third kappa shape index (κ3) is 5.48. The van der Waals surface area contributed by atoms with Crippen molar-refractivity contribution < 1.29 is 17.9 Å². The zero-order valence-electron chi connectivity index (χ0n) is 16.8. The molecule has 1 aliphatic heterocycles. The molecule has 0 saturated carbocycles. The Morgan fingerprint density at radius 2 is 1.76 bits per heavy atom. The van der Waals surface area contributed by atoms with Crippen molar-refractivity contribution in [2.75, 3.05) is 44.1 Å². The molecular weight excluding hydrogens is 390 g/mol. The molecule has 0 aliphatic carbocycles. The van der Waals surface area contributed by atoms with Gasteiger partial charge < -0.3 is 14.5 Å². The van der Waals surface area contributed by atoms with Crippen molar-refractivity contribution in [3.63, 3.8) is 0 Å². The van der Waals surface area contributed by atoms with Crippen LogP contribution in [0.3, 0.4) is 0 Å². The summed E-state index contributed by atoms with van der Waals surface area (Å²) in [6, 6.07) is 13.3. The Kier molecular flexibility index (Phi) is 6.76. The molecule has 1 saturated heterocycles. The minimum Gasteiger partial charge on any atom is -0.483 e. The number of hydrogen-bond acceptors (Lipinski definition) is 5. The van der Waals surface area contributed by atoms with Gasteiger partial charge in [-0.05, 0) is 49.4 Å². The van der Waals surface area contributed by atoms with Crippen LogP contribution in [0.4, 0.5) is 5.69 Å². The summed E-state index contributed by atoms with van der Waals surface area (Å²) in [7, 11) is -3.69. The average molecular weight is 418 g/mol. The van der Waals surface area contributed by atoms with Crippen LogP contribution in [0, 0.1) is 6.92 Å². The standard InChI is InChI=1S/C21H27N3O4S/c1-3-23-11-13-24(14-12-23)21(25)16-28-20-10-9-19(15-17(20)2)29(26,27)22-18-7-5-4-6-8-18/h4-10,15,22H,3,11-14,16H2,1-2H3. The second-order valence-electron chi connectivity index (χ2n) is 7.00. The van der Waals surface area contributed by atoms with Crippen molar-refractivity contribution in [3.05, 3.63) is 54.1 Å². The number of amides is 1. The smallest absolute Gasteiger partial charge is 0.261 e. The number of sulfonamides is 1. The Labute approximate surface area is 172 Å². The van der Waals surface area contributed by atoms with E-state index in [0.29, 0.717) is 30.1 Å². The van der Waals surface area contributed by atoms with Crippen molar-refractivity contribution in [2.24, 2.45) is 0 Å². The highest BCUT2D eigenvalue weighted by atomic mass is 32.2. The first-order valence-electron chi connectivity index (χ1n) is 9.70. The first-order chi connectivity index (χ1) is 13.9. The van der Waals surface area contributed by atoms with Gasteiger partial charge in [-0.1, -0.05) is 25.1 Å². The van der Waals surface area contributed by atoms with Gasteiger partial charge in [0.15, 0.2) is 6.61 Å². The molecule has 1 amide bonds. The molecular formula is C21H27N3O4S. The van der Waals surface area contributed by atoms with E-state index < -0.39 is 10.0 Å². The fourth-order valence-corrected chi connectivity index (χ4v) is 4.36. The van der Waals surface area contributed by atoms with Gasteiger partial charge >= 0.3 is 0 Å². The van der Waals surface area contributed by atoms with E-state index in [4.69, 9.17) is 4.74 Å². The number of aryl methyl sites for hydroxylation is 1. The van der Waals surface area contributed by atoms with Crippen LogP contribution < -0.4 is 9.46 Å². The number of piperazine rings is 1. The zero-order chi connectivity index (χ0) is 20.9. The van der Waals surface area contributed by atoms with Gasteiger partial charge in [-0.15, -0.1) is 0 Å². The molecule has 0 aromatic heterocycles. The highest BCUT2D eigenvalue weighted by Gasteiger charge is 2.21. The van der Waals surface area contributed by atoms with E-state index in [1.807, 2.05) is 11.0 Å². The van der Waals surface area contributed by atoms with Crippen LogP contribution in [-0.4, -0.2) is 63.5 Å². The summed E-state index contributed by atoms with van der Waals surface area (Å²) in [6.45, 7) is 7.98. The van der Waals surface area contributed by atoms with E-state index in [1.165, 1.54) is 6.07 Å². The van der Waals surface area contributed by atoms with E-state index in [9.17, 15) is 13.2 Å². The summed E-state index contributed by atoms with van der Waals surface area (Å²) >= 11 is 0. The number of nitrogens with one attached hydrogen (secondary N) is 1. The van der Waals surface area contributed by atoms with E-state index in [2.05, 4.69) is 16.5 Å². The number of likely N-dealkylation sites (N-methyl/N-ethyl adjacent to an activating group) is 1. The lowest BCUT2D eigenvalue weighted by atomic mass is 10.2. The molecule has 7 nitrogen and oxygen atoms in total. The van der Waals surface area contributed by atoms with Crippen molar-refractivity contribution >= 4 is 21.6 Å². The highest BCUT2D eigenvalue weighted by molar-refractivity contribution is 7.92. The number of carbonyl (C=O) groups excluding carboxylic acids is 1. The van der Waals surface area contributed by atoms with Crippen LogP contribution in [0.2, 0.25) is 0 Å². The third-order valence-corrected chi connectivity index (χ3v) is 6.39. The number of benzene rings is 2. The Balaban J connectivity index is 1.60. The predicted octanol–water partition coefficient (Wildman–Crippen LogP) is 2.34. The van der Waals surface area contributed by atoms with Crippen molar-refractivity contribution in [1.82, 2.24) is 9.80 Å². The van der Waals surface area contributed by atoms with Crippen LogP contribution in [0.15, 0.2) is 53.4 Å². The number of carbonyl (C=O) groups is 1. The topological polar surface area (TPSA) is 79.0 Å². The van der Waals surface area contributed by atoms with Crippen LogP contribution in [0.5, 0.6) is 5.75 Å². The Bertz CT molecular complexity index is 940. The van der Waals surface area contributed by atoms with Gasteiger partial charge in [-0.2, -0.15) is 0 Å². The van der Waals surface area contributed by atoms with Crippen LogP contribution in [0.25, 0.3) is 0 Å². The van der Waals surface area contributed by atoms with Gasteiger partial charge in [0.25, 0.3) is 15.9 Å². The van der Waals surface area contributed by atoms with Gasteiger partial charge in [0, 0.05) is 31.9 Å². The second kappa shape index (κ2) is 9.28. The minimum absolute atomic E-state index is 0.0532. The Morgan fingerprint density at radius 3 is 2.38 bits per heavy atom. The SMILES string of the molecule is CCN1CCN(C(=O)COc2ccc(S(=O)(=O)Nc3ccccc3)cc2C)CC1. The monoisotopic (exact) mass is 417 g/mol. The lowest BCUT2D eigenvalue weighted by Crippen LogP contribution is -2.49. The molecule has 0 unspecified atom stereocenters. The minimum atomic E-state index is -3.69. The van der Waals surface area contributed by atoms with E-state index in [-0.39, 0.29) is 17.4 Å². The normalized spacial score (nSPS) is 15.2. The molecule has 1 fully saturated rings. The number of para-hydroxylation sites is 1. The van der Waals surface area contributed by atoms with Gasteiger partial charge in [0.05, 0.1) is 4.90 Å². The average Bonchev–Trinajstić information content (AvgIpc) is 2.73. The van der Waals surface area contributed by atoms with Gasteiger partial charge in [-0.3, -0.25) is 9.52 Å². The summed E-state index contributed by atoms with van der Waals surface area (Å²) in [5, 5.41) is 0. The van der Waals surface area contributed by atoms with Crippen LogP contribution in [0.1, 0.15) is 12.5 Å². The number of anilines is 1. The summed E-state index contributed by atoms with van der Waals surface area (Å²) < 4.78 is 33.4. The lowest BCUT2D eigenvalue weighted by Gasteiger charge is -2.34. The number of nitrogens with zero attached hydrogens (tertiary/aromatic N) is 2. The fourth-order valence-electron chi connectivity index (χ4n) is 3.22. The molecule has 0 atom stereocenters. The molecule has 3 rings (SSSR count). The zero-order valence-corrected chi connectivity index (χ0v) is 17.6. The third-order valence-electron chi connectivity index (χ3n) is 5.01. The molecule has 8 heteroatoms. The molecule has 1 heterocycles. The first kappa shape index (κ1) is 21.1. The van der Waals surface area contributed by atoms with Crippen LogP contribution >= 0.6 is 0 Å². The molecule has 1 N–H and O–H groups in total. The molecule has 2 aromatic rings. The Hall–Kier alpha value is -2.58. The summed E-state index contributed by atoms with van der Waals surface area (Å²) in [5.41, 5.74) is 1.16. The van der Waals surface area contributed by atoms with Crippen molar-refractivity contribution in [1.29, 1.82) is 0 Å². The number of ether oxygens (including phenoxy) is 1. The molecule has 29 heavy (non-hydrogen) atoms. The van der Waals surface area contributed by atoms with Gasteiger partial charge in [-0.25, -0.2) is 8.42 Å². The Morgan fingerprint density at radius 1 is 1.07 bits per heavy atom. The largest absolute Gasteiger partial charge is 0.483 e. The molecule has 0 spiro atoms. The maximum atomic E-state index is 12.6. The summed E-state index contributed by atoms with van der Waals surface area (Å²) in [6.07, 6.45) is 0. The number of rotatable bonds is 7. The molecule has 0 radical (unpaired) electrons. The van der Waals surface area contributed by atoms with Crippen LogP contribution in [-0.2, 0) is 14.8 Å². The predicted molar refractivity (Wildman–Crippen MR) is 113 cm³/mol. The van der Waals surface area contributed by atoms with E-state index >= 15 is 0 Å². The lowest BCUT2D eigenvalue weighted by molar-refractivity contribution is -0.135. The van der Waals surface area contributed by atoms with Crippen molar-refractivity contribution in [2.45, 2.75) is 18.7 Å². The quantitative estimate of drug-likeness (QED) is 0.748. The van der Waals surface area contributed by atoms with E-state index in [1.54, 1.807) is 43.3 Å². The molecule has 2 aromatic carbocycles. The highest BCUT2D eigenvalue weighted by Crippen LogP contribution is 2.23. The van der Waals surface area contributed by atoms with Crippen molar-refractivity contribution in [3.8, 4) is 5.75 Å². The molecule has 1 aliphatic rings. The number of hydrogen-bond donors (Lipinski definition) is 1. The maximum Gasteiger partial charge on any atom is 0.261 e. The van der Waals surface area contributed by atoms with Gasteiger partial charge in [0.2, 0.25) is 0 Å². The van der Waals surface area contributed by atoms with Gasteiger partial charge in [0.1, 0.15) is 5.75 Å².